The van der Waals surface area contributed by atoms with Gasteiger partial charge in [-0.05, 0) is 31.9 Å². The Morgan fingerprint density at radius 3 is 2.71 bits per heavy atom. The predicted molar refractivity (Wildman–Crippen MR) is 92.1 cm³/mol. The molecule has 24 heavy (non-hydrogen) atoms. The number of sulfonamides is 1. The van der Waals surface area contributed by atoms with Gasteiger partial charge in [0.15, 0.2) is 4.90 Å². The van der Waals surface area contributed by atoms with Crippen LogP contribution >= 0.6 is 12.4 Å². The lowest BCUT2D eigenvalue weighted by Gasteiger charge is -2.28. The molecule has 2 rings (SSSR count). The van der Waals surface area contributed by atoms with Crippen molar-refractivity contribution < 1.29 is 18.1 Å². The molecule has 1 aromatic rings. The number of nitro benzene ring substituents is 1. The first-order valence-electron chi connectivity index (χ1n) is 7.29. The van der Waals surface area contributed by atoms with E-state index in [1.54, 1.807) is 20.1 Å². The Hall–Kier alpha value is -1.26. The van der Waals surface area contributed by atoms with Gasteiger partial charge in [-0.1, -0.05) is 12.1 Å². The molecular formula is C14H22ClN3O5S. The van der Waals surface area contributed by atoms with Crippen molar-refractivity contribution >= 4 is 28.1 Å². The van der Waals surface area contributed by atoms with E-state index >= 15 is 0 Å². The molecule has 0 radical (unpaired) electrons. The Morgan fingerprint density at radius 2 is 2.17 bits per heavy atom. The van der Waals surface area contributed by atoms with Gasteiger partial charge in [-0.2, -0.15) is 0 Å². The van der Waals surface area contributed by atoms with Crippen molar-refractivity contribution in [1.82, 2.24) is 10.0 Å². The lowest BCUT2D eigenvalue weighted by Crippen LogP contribution is -2.53. The van der Waals surface area contributed by atoms with Gasteiger partial charge in [-0.25, -0.2) is 13.1 Å². The van der Waals surface area contributed by atoms with Crippen LogP contribution in [0.2, 0.25) is 0 Å². The van der Waals surface area contributed by atoms with Crippen LogP contribution in [0.1, 0.15) is 18.4 Å². The van der Waals surface area contributed by atoms with Gasteiger partial charge < -0.3 is 10.1 Å². The van der Waals surface area contributed by atoms with Gasteiger partial charge in [0, 0.05) is 19.7 Å². The normalized spacial score (nSPS) is 20.6. The van der Waals surface area contributed by atoms with Gasteiger partial charge in [-0.3, -0.25) is 10.1 Å². The second kappa shape index (κ2) is 8.21. The molecule has 0 amide bonds. The summed E-state index contributed by atoms with van der Waals surface area (Å²) in [4.78, 5) is 10.2. The molecule has 1 fully saturated rings. The fourth-order valence-electron chi connectivity index (χ4n) is 2.91. The molecule has 1 aromatic carbocycles. The number of nitro groups is 1. The summed E-state index contributed by atoms with van der Waals surface area (Å²) in [6.45, 7) is 2.82. The third-order valence-corrected chi connectivity index (χ3v) is 5.60. The number of halogens is 1. The number of nitrogens with one attached hydrogen (secondary N) is 2. The summed E-state index contributed by atoms with van der Waals surface area (Å²) in [7, 11) is -2.44. The van der Waals surface area contributed by atoms with Gasteiger partial charge in [0.25, 0.3) is 5.69 Å². The summed E-state index contributed by atoms with van der Waals surface area (Å²) >= 11 is 0. The quantitative estimate of drug-likeness (QED) is 0.546. The van der Waals surface area contributed by atoms with Gasteiger partial charge in [0.05, 0.1) is 17.1 Å². The maximum atomic E-state index is 12.6. The molecule has 136 valence electrons. The van der Waals surface area contributed by atoms with Crippen LogP contribution < -0.4 is 10.0 Å². The fraction of sp³-hybridized carbons (Fsp3) is 0.571. The SMILES string of the molecule is COCC1(CNS(=O)(=O)c2c(C)cccc2[N+](=O)[O-])CCCN1.Cl. The number of hydrogen-bond donors (Lipinski definition) is 2. The molecule has 0 aromatic heterocycles. The lowest BCUT2D eigenvalue weighted by atomic mass is 9.99. The highest BCUT2D eigenvalue weighted by Gasteiger charge is 2.36. The first-order valence-corrected chi connectivity index (χ1v) is 8.77. The minimum absolute atomic E-state index is 0. The van der Waals surface area contributed by atoms with Crippen molar-refractivity contribution in [2.75, 3.05) is 26.8 Å². The largest absolute Gasteiger partial charge is 0.383 e. The second-order valence-electron chi connectivity index (χ2n) is 5.75. The number of hydrogen-bond acceptors (Lipinski definition) is 6. The van der Waals surface area contributed by atoms with Crippen LogP contribution in [0, 0.1) is 17.0 Å². The van der Waals surface area contributed by atoms with Crippen molar-refractivity contribution in [3.8, 4) is 0 Å². The van der Waals surface area contributed by atoms with Gasteiger partial charge in [0.2, 0.25) is 10.0 Å². The van der Waals surface area contributed by atoms with Gasteiger partial charge in [-0.15, -0.1) is 12.4 Å². The van der Waals surface area contributed by atoms with E-state index in [0.29, 0.717) is 12.2 Å². The highest BCUT2D eigenvalue weighted by atomic mass is 35.5. The summed E-state index contributed by atoms with van der Waals surface area (Å²) in [5.41, 5.74) is -0.552. The molecule has 1 saturated heterocycles. The summed E-state index contributed by atoms with van der Waals surface area (Å²) < 4.78 is 32.9. The molecule has 10 heteroatoms. The lowest BCUT2D eigenvalue weighted by molar-refractivity contribution is -0.387. The van der Waals surface area contributed by atoms with E-state index < -0.39 is 26.2 Å². The van der Waals surface area contributed by atoms with Crippen molar-refractivity contribution in [2.24, 2.45) is 0 Å². The van der Waals surface area contributed by atoms with E-state index in [0.717, 1.165) is 19.4 Å². The zero-order valence-corrected chi connectivity index (χ0v) is 15.2. The summed E-state index contributed by atoms with van der Waals surface area (Å²) in [5, 5.41) is 14.4. The predicted octanol–water partition coefficient (Wildman–Crippen LogP) is 1.37. The van der Waals surface area contributed by atoms with E-state index in [-0.39, 0.29) is 23.8 Å². The Bertz CT molecular complexity index is 690. The number of methoxy groups -OCH3 is 1. The monoisotopic (exact) mass is 379 g/mol. The number of ether oxygens (including phenoxy) is 1. The van der Waals surface area contributed by atoms with E-state index in [1.165, 1.54) is 12.1 Å². The molecule has 1 atom stereocenters. The minimum atomic E-state index is -4.00. The van der Waals surface area contributed by atoms with Crippen molar-refractivity contribution in [3.05, 3.63) is 33.9 Å². The zero-order chi connectivity index (χ0) is 17.1. The highest BCUT2D eigenvalue weighted by Crippen LogP contribution is 2.27. The topological polar surface area (TPSA) is 111 Å². The van der Waals surface area contributed by atoms with E-state index in [4.69, 9.17) is 4.74 Å². The Morgan fingerprint density at radius 1 is 1.46 bits per heavy atom. The first kappa shape index (κ1) is 20.8. The standard InChI is InChI=1S/C14H21N3O5S.ClH/c1-11-5-3-6-12(17(18)19)13(11)23(20,21)16-9-14(10-22-2)7-4-8-15-14;/h3,5-6,15-16H,4,7-10H2,1-2H3;1H. The molecule has 1 unspecified atom stereocenters. The van der Waals surface area contributed by atoms with Crippen LogP contribution in [0.4, 0.5) is 5.69 Å². The maximum absolute atomic E-state index is 12.6. The minimum Gasteiger partial charge on any atom is -0.383 e. The molecule has 1 aliphatic rings. The molecule has 0 bridgehead atoms. The van der Waals surface area contributed by atoms with Gasteiger partial charge in [0.1, 0.15) is 0 Å². The third-order valence-electron chi connectivity index (χ3n) is 4.01. The average Bonchev–Trinajstić information content (AvgIpc) is 2.94. The summed E-state index contributed by atoms with van der Waals surface area (Å²) in [6.07, 6.45) is 1.70. The Labute approximate surface area is 147 Å². The molecule has 2 N–H and O–H groups in total. The van der Waals surface area contributed by atoms with Crippen LogP contribution in [0.3, 0.4) is 0 Å². The Kier molecular flexibility index (Phi) is 7.11. The molecule has 0 saturated carbocycles. The molecule has 8 nitrogen and oxygen atoms in total. The van der Waals surface area contributed by atoms with Crippen molar-refractivity contribution in [1.29, 1.82) is 0 Å². The van der Waals surface area contributed by atoms with E-state index in [9.17, 15) is 18.5 Å². The van der Waals surface area contributed by atoms with Crippen LogP contribution in [0.5, 0.6) is 0 Å². The molecular weight excluding hydrogens is 358 g/mol. The Balaban J connectivity index is 0.00000288. The molecule has 0 aliphatic carbocycles. The van der Waals surface area contributed by atoms with Crippen molar-refractivity contribution in [3.63, 3.8) is 0 Å². The van der Waals surface area contributed by atoms with E-state index in [2.05, 4.69) is 10.0 Å². The summed E-state index contributed by atoms with van der Waals surface area (Å²) in [6, 6.07) is 4.21. The smallest absolute Gasteiger partial charge is 0.289 e. The van der Waals surface area contributed by atoms with Crippen LogP contribution in [0.25, 0.3) is 0 Å². The second-order valence-corrected chi connectivity index (χ2v) is 7.45. The fourth-order valence-corrected chi connectivity index (χ4v) is 4.43. The van der Waals surface area contributed by atoms with Crippen LogP contribution in [-0.2, 0) is 14.8 Å². The number of benzene rings is 1. The summed E-state index contributed by atoms with van der Waals surface area (Å²) in [5.74, 6) is 0. The number of nitrogens with zero attached hydrogens (tertiary/aromatic N) is 1. The first-order chi connectivity index (χ1) is 10.8. The molecule has 1 heterocycles. The zero-order valence-electron chi connectivity index (χ0n) is 13.6. The number of rotatable bonds is 7. The van der Waals surface area contributed by atoms with Crippen LogP contribution in [0.15, 0.2) is 23.1 Å². The maximum Gasteiger partial charge on any atom is 0.289 e. The third kappa shape index (κ3) is 4.42. The molecule has 1 aliphatic heterocycles. The van der Waals surface area contributed by atoms with E-state index in [1.807, 2.05) is 0 Å². The average molecular weight is 380 g/mol. The van der Waals surface area contributed by atoms with Crippen molar-refractivity contribution in [2.45, 2.75) is 30.2 Å². The number of aryl methyl sites for hydroxylation is 1. The van der Waals surface area contributed by atoms with Crippen LogP contribution in [-0.4, -0.2) is 45.7 Å². The van der Waals surface area contributed by atoms with Gasteiger partial charge >= 0.3 is 0 Å². The highest BCUT2D eigenvalue weighted by molar-refractivity contribution is 7.89. The molecule has 0 spiro atoms.